The number of aryl methyl sites for hydroxylation is 1. The third-order valence-electron chi connectivity index (χ3n) is 2.92. The monoisotopic (exact) mass is 225 g/mol. The Morgan fingerprint density at radius 3 is 3.00 bits per heavy atom. The van der Waals surface area contributed by atoms with Crippen LogP contribution in [0.3, 0.4) is 0 Å². The molecule has 0 bridgehead atoms. The molecular formula is C11H19N3S. The molecule has 0 radical (unpaired) electrons. The number of thiazole rings is 1. The molecule has 1 fully saturated rings. The third kappa shape index (κ3) is 3.00. The molecule has 2 rings (SSSR count). The first-order valence-electron chi connectivity index (χ1n) is 5.75. The Hall–Kier alpha value is -0.450. The molecule has 4 heteroatoms. The van der Waals surface area contributed by atoms with Crippen molar-refractivity contribution in [3.8, 4) is 0 Å². The fraction of sp³-hybridized carbons (Fsp3) is 0.727. The lowest BCUT2D eigenvalue weighted by Gasteiger charge is -2.20. The van der Waals surface area contributed by atoms with E-state index < -0.39 is 0 Å². The fourth-order valence-corrected chi connectivity index (χ4v) is 2.92. The maximum atomic E-state index is 5.49. The van der Waals surface area contributed by atoms with E-state index in [1.807, 2.05) is 0 Å². The maximum Gasteiger partial charge on any atom is 0.0928 e. The zero-order valence-corrected chi connectivity index (χ0v) is 9.85. The van der Waals surface area contributed by atoms with E-state index in [1.165, 1.54) is 23.5 Å². The van der Waals surface area contributed by atoms with Gasteiger partial charge < -0.3 is 11.1 Å². The summed E-state index contributed by atoms with van der Waals surface area (Å²) in [7, 11) is 0. The number of nitrogens with one attached hydrogen (secondary N) is 1. The smallest absolute Gasteiger partial charge is 0.0928 e. The SMILES string of the molecule is NCCCc1nc(C2CCNCC2)cs1. The molecule has 1 saturated heterocycles. The summed E-state index contributed by atoms with van der Waals surface area (Å²) in [5.41, 5.74) is 6.81. The zero-order valence-electron chi connectivity index (χ0n) is 9.04. The number of nitrogens with two attached hydrogens (primary N) is 1. The van der Waals surface area contributed by atoms with Crippen LogP contribution in [-0.2, 0) is 6.42 Å². The molecule has 0 atom stereocenters. The Balaban J connectivity index is 1.93. The van der Waals surface area contributed by atoms with Crippen LogP contribution in [0.15, 0.2) is 5.38 Å². The molecule has 3 nitrogen and oxygen atoms in total. The number of nitrogens with zero attached hydrogens (tertiary/aromatic N) is 1. The van der Waals surface area contributed by atoms with Gasteiger partial charge in [-0.3, -0.25) is 0 Å². The van der Waals surface area contributed by atoms with Gasteiger partial charge in [0.15, 0.2) is 0 Å². The minimum atomic E-state index is 0.689. The van der Waals surface area contributed by atoms with Crippen LogP contribution in [-0.4, -0.2) is 24.6 Å². The van der Waals surface area contributed by atoms with Crippen molar-refractivity contribution < 1.29 is 0 Å². The largest absolute Gasteiger partial charge is 0.330 e. The van der Waals surface area contributed by atoms with Gasteiger partial charge in [0.05, 0.1) is 10.7 Å². The van der Waals surface area contributed by atoms with E-state index >= 15 is 0 Å². The highest BCUT2D eigenvalue weighted by molar-refractivity contribution is 7.09. The molecule has 84 valence electrons. The first-order valence-corrected chi connectivity index (χ1v) is 6.63. The third-order valence-corrected chi connectivity index (χ3v) is 3.85. The number of aromatic nitrogens is 1. The van der Waals surface area contributed by atoms with Gasteiger partial charge in [-0.15, -0.1) is 11.3 Å². The number of piperidine rings is 1. The Labute approximate surface area is 95.1 Å². The highest BCUT2D eigenvalue weighted by Crippen LogP contribution is 2.26. The summed E-state index contributed by atoms with van der Waals surface area (Å²) < 4.78 is 0. The molecule has 0 saturated carbocycles. The molecule has 3 N–H and O–H groups in total. The molecule has 0 aliphatic carbocycles. The molecule has 1 aromatic heterocycles. The highest BCUT2D eigenvalue weighted by atomic mass is 32.1. The molecule has 1 aromatic rings. The number of hydrogen-bond donors (Lipinski definition) is 2. The quantitative estimate of drug-likeness (QED) is 0.816. The van der Waals surface area contributed by atoms with Crippen molar-refractivity contribution in [1.29, 1.82) is 0 Å². The molecule has 0 aromatic carbocycles. The fourth-order valence-electron chi connectivity index (χ4n) is 2.00. The topological polar surface area (TPSA) is 50.9 Å². The Morgan fingerprint density at radius 1 is 1.47 bits per heavy atom. The van der Waals surface area contributed by atoms with Crippen LogP contribution in [0, 0.1) is 0 Å². The van der Waals surface area contributed by atoms with Gasteiger partial charge in [-0.2, -0.15) is 0 Å². The van der Waals surface area contributed by atoms with Crippen molar-refractivity contribution >= 4 is 11.3 Å². The van der Waals surface area contributed by atoms with Crippen LogP contribution in [0.2, 0.25) is 0 Å². The first-order chi connectivity index (χ1) is 7.40. The Morgan fingerprint density at radius 2 is 2.27 bits per heavy atom. The predicted molar refractivity (Wildman–Crippen MR) is 64.3 cm³/mol. The molecule has 0 spiro atoms. The second-order valence-electron chi connectivity index (χ2n) is 4.08. The predicted octanol–water partition coefficient (Wildman–Crippen LogP) is 1.50. The lowest BCUT2D eigenvalue weighted by molar-refractivity contribution is 0.454. The van der Waals surface area contributed by atoms with Gasteiger partial charge in [0, 0.05) is 17.7 Å². The minimum Gasteiger partial charge on any atom is -0.330 e. The van der Waals surface area contributed by atoms with E-state index in [-0.39, 0.29) is 0 Å². The van der Waals surface area contributed by atoms with E-state index in [0.29, 0.717) is 5.92 Å². The lowest BCUT2D eigenvalue weighted by Crippen LogP contribution is -2.26. The van der Waals surface area contributed by atoms with E-state index in [2.05, 4.69) is 10.7 Å². The molecule has 1 aliphatic rings. The average molecular weight is 225 g/mol. The van der Waals surface area contributed by atoms with Crippen LogP contribution in [0.5, 0.6) is 0 Å². The molecule has 15 heavy (non-hydrogen) atoms. The summed E-state index contributed by atoms with van der Waals surface area (Å²) in [6.45, 7) is 3.04. The van der Waals surface area contributed by atoms with E-state index in [0.717, 1.165) is 32.5 Å². The highest BCUT2D eigenvalue weighted by Gasteiger charge is 2.17. The van der Waals surface area contributed by atoms with Crippen molar-refractivity contribution in [2.24, 2.45) is 5.73 Å². The van der Waals surface area contributed by atoms with Gasteiger partial charge in [0.2, 0.25) is 0 Å². The van der Waals surface area contributed by atoms with Crippen LogP contribution >= 0.6 is 11.3 Å². The van der Waals surface area contributed by atoms with Crippen molar-refractivity contribution in [2.45, 2.75) is 31.6 Å². The molecule has 2 heterocycles. The van der Waals surface area contributed by atoms with Crippen molar-refractivity contribution in [1.82, 2.24) is 10.3 Å². The minimum absolute atomic E-state index is 0.689. The number of hydrogen-bond acceptors (Lipinski definition) is 4. The second kappa shape index (κ2) is 5.58. The average Bonchev–Trinajstić information content (AvgIpc) is 2.76. The summed E-state index contributed by atoms with van der Waals surface area (Å²) in [5, 5.41) is 6.88. The van der Waals surface area contributed by atoms with Crippen LogP contribution in [0.4, 0.5) is 0 Å². The second-order valence-corrected chi connectivity index (χ2v) is 5.03. The summed E-state index contributed by atoms with van der Waals surface area (Å²) >= 11 is 1.80. The van der Waals surface area contributed by atoms with Gasteiger partial charge in [-0.05, 0) is 38.9 Å². The van der Waals surface area contributed by atoms with Gasteiger partial charge >= 0.3 is 0 Å². The molecule has 0 amide bonds. The van der Waals surface area contributed by atoms with Crippen molar-refractivity contribution in [3.05, 3.63) is 16.1 Å². The normalized spacial score (nSPS) is 18.2. The number of rotatable bonds is 4. The Kier molecular flexibility index (Phi) is 4.11. The molecule has 0 unspecified atom stereocenters. The van der Waals surface area contributed by atoms with Crippen molar-refractivity contribution in [2.75, 3.05) is 19.6 Å². The summed E-state index contributed by atoms with van der Waals surface area (Å²) in [6.07, 6.45) is 4.57. The van der Waals surface area contributed by atoms with E-state index in [9.17, 15) is 0 Å². The maximum absolute atomic E-state index is 5.49. The van der Waals surface area contributed by atoms with Gasteiger partial charge in [-0.25, -0.2) is 4.98 Å². The lowest BCUT2D eigenvalue weighted by atomic mass is 9.95. The van der Waals surface area contributed by atoms with E-state index in [1.54, 1.807) is 11.3 Å². The van der Waals surface area contributed by atoms with Gasteiger partial charge in [0.1, 0.15) is 0 Å². The molecular weight excluding hydrogens is 206 g/mol. The van der Waals surface area contributed by atoms with Gasteiger partial charge in [0.25, 0.3) is 0 Å². The zero-order chi connectivity index (χ0) is 10.5. The molecule has 1 aliphatic heterocycles. The Bertz CT molecular complexity index is 292. The van der Waals surface area contributed by atoms with E-state index in [4.69, 9.17) is 10.7 Å². The van der Waals surface area contributed by atoms with Gasteiger partial charge in [-0.1, -0.05) is 0 Å². The van der Waals surface area contributed by atoms with Crippen molar-refractivity contribution in [3.63, 3.8) is 0 Å². The van der Waals surface area contributed by atoms with Crippen LogP contribution in [0.25, 0.3) is 0 Å². The summed E-state index contributed by atoms with van der Waals surface area (Å²) in [6, 6.07) is 0. The summed E-state index contributed by atoms with van der Waals surface area (Å²) in [4.78, 5) is 4.71. The van der Waals surface area contributed by atoms with Crippen LogP contribution < -0.4 is 11.1 Å². The van der Waals surface area contributed by atoms with Crippen LogP contribution in [0.1, 0.15) is 35.9 Å². The first kappa shape index (κ1) is 11.0. The summed E-state index contributed by atoms with van der Waals surface area (Å²) in [5.74, 6) is 0.689. The standard InChI is InChI=1S/C11H19N3S/c12-5-1-2-11-14-10(8-15-11)9-3-6-13-7-4-9/h8-9,13H,1-7,12H2.